The number of aromatic nitrogens is 2. The van der Waals surface area contributed by atoms with Gasteiger partial charge in [0, 0.05) is 19.7 Å². The summed E-state index contributed by atoms with van der Waals surface area (Å²) in [6, 6.07) is 8.41. The van der Waals surface area contributed by atoms with Crippen molar-refractivity contribution in [2.75, 3.05) is 13.2 Å². The third-order valence-corrected chi connectivity index (χ3v) is 3.39. The lowest BCUT2D eigenvalue weighted by Crippen LogP contribution is -2.31. The fourth-order valence-corrected chi connectivity index (χ4v) is 2.05. The summed E-state index contributed by atoms with van der Waals surface area (Å²) in [5.41, 5.74) is 0.345. The van der Waals surface area contributed by atoms with Crippen LogP contribution in [0, 0.1) is 0 Å². The van der Waals surface area contributed by atoms with E-state index in [9.17, 15) is 23.2 Å². The summed E-state index contributed by atoms with van der Waals surface area (Å²) < 4.78 is 34.2. The minimum absolute atomic E-state index is 0.0525. The summed E-state index contributed by atoms with van der Waals surface area (Å²) in [6.45, 7) is -3.11. The van der Waals surface area contributed by atoms with E-state index in [-0.39, 0.29) is 23.5 Å². The highest BCUT2D eigenvalue weighted by atomic mass is 19.3. The number of rotatable bonds is 8. The molecule has 0 aliphatic heterocycles. The molecule has 10 heteroatoms. The molecule has 0 bridgehead atoms. The number of esters is 1. The SMILES string of the molecule is Cn1nc(C(=O)OCC(=O)NCCc2ccc(OC(F)F)cc2)ccc1=O. The van der Waals surface area contributed by atoms with Gasteiger partial charge in [0.2, 0.25) is 0 Å². The van der Waals surface area contributed by atoms with Crippen LogP contribution in [0.5, 0.6) is 5.75 Å². The Bertz CT molecular complexity index is 852. The van der Waals surface area contributed by atoms with Crippen LogP contribution in [0.4, 0.5) is 8.78 Å². The number of benzene rings is 1. The minimum Gasteiger partial charge on any atom is -0.451 e. The first-order chi connectivity index (χ1) is 12.8. The number of hydrogen-bond acceptors (Lipinski definition) is 6. The van der Waals surface area contributed by atoms with Crippen molar-refractivity contribution in [2.24, 2.45) is 7.05 Å². The molecule has 1 aromatic carbocycles. The van der Waals surface area contributed by atoms with Crippen LogP contribution in [-0.4, -0.2) is 41.4 Å². The number of carbonyl (C=O) groups is 2. The monoisotopic (exact) mass is 381 g/mol. The Labute approximate surface area is 152 Å². The van der Waals surface area contributed by atoms with Gasteiger partial charge in [-0.2, -0.15) is 13.9 Å². The van der Waals surface area contributed by atoms with E-state index in [2.05, 4.69) is 15.2 Å². The standard InChI is InChI=1S/C17H17F2N3O5/c1-22-15(24)7-6-13(21-22)16(25)26-10-14(23)20-9-8-11-2-4-12(5-3-11)27-17(18)19/h2-7,17H,8-10H2,1H3,(H,20,23). The Morgan fingerprint density at radius 2 is 1.89 bits per heavy atom. The number of hydrogen-bond donors (Lipinski definition) is 1. The molecule has 0 atom stereocenters. The van der Waals surface area contributed by atoms with E-state index in [1.807, 2.05) is 0 Å². The van der Waals surface area contributed by atoms with Crippen molar-refractivity contribution in [1.82, 2.24) is 15.1 Å². The van der Waals surface area contributed by atoms with Gasteiger partial charge in [-0.3, -0.25) is 9.59 Å². The zero-order valence-corrected chi connectivity index (χ0v) is 14.4. The maximum absolute atomic E-state index is 12.1. The van der Waals surface area contributed by atoms with Crippen LogP contribution in [0.2, 0.25) is 0 Å². The molecule has 0 fully saturated rings. The third kappa shape index (κ3) is 6.49. The van der Waals surface area contributed by atoms with Crippen molar-refractivity contribution in [3.8, 4) is 5.75 Å². The predicted octanol–water partition coefficient (Wildman–Crippen LogP) is 0.897. The van der Waals surface area contributed by atoms with Gasteiger partial charge in [0.25, 0.3) is 11.5 Å². The normalized spacial score (nSPS) is 10.5. The van der Waals surface area contributed by atoms with E-state index >= 15 is 0 Å². The first kappa shape index (κ1) is 20.0. The van der Waals surface area contributed by atoms with Crippen LogP contribution in [0.25, 0.3) is 0 Å². The number of ether oxygens (including phenoxy) is 2. The molecule has 0 aliphatic carbocycles. The first-order valence-corrected chi connectivity index (χ1v) is 7.87. The lowest BCUT2D eigenvalue weighted by molar-refractivity contribution is -0.124. The molecule has 1 N–H and O–H groups in total. The van der Waals surface area contributed by atoms with Crippen LogP contribution >= 0.6 is 0 Å². The van der Waals surface area contributed by atoms with E-state index in [1.54, 1.807) is 12.1 Å². The van der Waals surface area contributed by atoms with Crippen molar-refractivity contribution in [2.45, 2.75) is 13.0 Å². The van der Waals surface area contributed by atoms with Gasteiger partial charge in [0.1, 0.15) is 5.75 Å². The van der Waals surface area contributed by atoms with Crippen LogP contribution < -0.4 is 15.6 Å². The highest BCUT2D eigenvalue weighted by Gasteiger charge is 2.12. The summed E-state index contributed by atoms with van der Waals surface area (Å²) in [6.07, 6.45) is 0.455. The lowest BCUT2D eigenvalue weighted by Gasteiger charge is -2.08. The molecule has 2 aromatic rings. The Morgan fingerprint density at radius 3 is 2.52 bits per heavy atom. The molecule has 2 rings (SSSR count). The maximum Gasteiger partial charge on any atom is 0.387 e. The van der Waals surface area contributed by atoms with Crippen molar-refractivity contribution in [3.05, 3.63) is 58.0 Å². The van der Waals surface area contributed by atoms with Crippen LogP contribution in [0.15, 0.2) is 41.2 Å². The molecule has 1 aromatic heterocycles. The molecular weight excluding hydrogens is 364 g/mol. The molecule has 0 radical (unpaired) electrons. The zero-order valence-electron chi connectivity index (χ0n) is 14.4. The van der Waals surface area contributed by atoms with Gasteiger partial charge in [0.05, 0.1) is 0 Å². The zero-order chi connectivity index (χ0) is 19.8. The van der Waals surface area contributed by atoms with Gasteiger partial charge in [-0.25, -0.2) is 9.48 Å². The Hall–Kier alpha value is -3.30. The molecule has 0 saturated carbocycles. The Morgan fingerprint density at radius 1 is 1.19 bits per heavy atom. The van der Waals surface area contributed by atoms with Gasteiger partial charge in [-0.1, -0.05) is 12.1 Å². The highest BCUT2D eigenvalue weighted by molar-refractivity contribution is 5.89. The Balaban J connectivity index is 1.72. The van der Waals surface area contributed by atoms with Gasteiger partial charge >= 0.3 is 12.6 Å². The fraction of sp³-hybridized carbons (Fsp3) is 0.294. The molecule has 1 amide bonds. The number of carbonyl (C=O) groups excluding carboxylic acids is 2. The Kier molecular flexibility index (Phi) is 6.98. The molecule has 144 valence electrons. The van der Waals surface area contributed by atoms with E-state index in [4.69, 9.17) is 4.74 Å². The minimum atomic E-state index is -2.88. The molecule has 0 unspecified atom stereocenters. The number of halogens is 2. The molecule has 0 spiro atoms. The predicted molar refractivity (Wildman–Crippen MR) is 89.5 cm³/mol. The third-order valence-electron chi connectivity index (χ3n) is 3.39. The smallest absolute Gasteiger partial charge is 0.387 e. The second-order valence-corrected chi connectivity index (χ2v) is 5.38. The fourth-order valence-electron chi connectivity index (χ4n) is 2.05. The topological polar surface area (TPSA) is 99.5 Å². The summed E-state index contributed by atoms with van der Waals surface area (Å²) in [4.78, 5) is 34.7. The molecular formula is C17H17F2N3O5. The van der Waals surface area contributed by atoms with Crippen molar-refractivity contribution in [1.29, 1.82) is 0 Å². The molecule has 27 heavy (non-hydrogen) atoms. The quantitative estimate of drug-likeness (QED) is 0.682. The van der Waals surface area contributed by atoms with Gasteiger partial charge in [0.15, 0.2) is 12.3 Å². The summed E-state index contributed by atoms with van der Waals surface area (Å²) >= 11 is 0. The second kappa shape index (κ2) is 9.41. The number of amides is 1. The van der Waals surface area contributed by atoms with Crippen molar-refractivity contribution < 1.29 is 27.8 Å². The molecule has 0 aliphatic rings. The molecule has 0 saturated heterocycles. The molecule has 1 heterocycles. The average molecular weight is 381 g/mol. The van der Waals surface area contributed by atoms with Crippen LogP contribution in [0.1, 0.15) is 16.1 Å². The average Bonchev–Trinajstić information content (AvgIpc) is 2.63. The van der Waals surface area contributed by atoms with E-state index < -0.39 is 25.1 Å². The van der Waals surface area contributed by atoms with Crippen molar-refractivity contribution >= 4 is 11.9 Å². The lowest BCUT2D eigenvalue weighted by atomic mass is 10.1. The van der Waals surface area contributed by atoms with E-state index in [1.165, 1.54) is 31.3 Å². The molecule has 8 nitrogen and oxygen atoms in total. The van der Waals surface area contributed by atoms with Gasteiger partial charge in [-0.15, -0.1) is 0 Å². The van der Waals surface area contributed by atoms with Crippen LogP contribution in [-0.2, 0) is 23.0 Å². The van der Waals surface area contributed by atoms with Crippen LogP contribution in [0.3, 0.4) is 0 Å². The number of nitrogens with zero attached hydrogens (tertiary/aromatic N) is 2. The first-order valence-electron chi connectivity index (χ1n) is 7.87. The van der Waals surface area contributed by atoms with E-state index in [0.717, 1.165) is 10.2 Å². The number of aryl methyl sites for hydroxylation is 1. The summed E-state index contributed by atoms with van der Waals surface area (Å²) in [5.74, 6) is -1.28. The van der Waals surface area contributed by atoms with Gasteiger partial charge < -0.3 is 14.8 Å². The largest absolute Gasteiger partial charge is 0.451 e. The highest BCUT2D eigenvalue weighted by Crippen LogP contribution is 2.14. The number of nitrogens with one attached hydrogen (secondary N) is 1. The van der Waals surface area contributed by atoms with E-state index in [0.29, 0.717) is 6.42 Å². The van der Waals surface area contributed by atoms with Crippen molar-refractivity contribution in [3.63, 3.8) is 0 Å². The maximum atomic E-state index is 12.1. The summed E-state index contributed by atoms with van der Waals surface area (Å²) in [7, 11) is 1.39. The van der Waals surface area contributed by atoms with Gasteiger partial charge in [-0.05, 0) is 30.2 Å². The number of alkyl halides is 2. The second-order valence-electron chi connectivity index (χ2n) is 5.38. The summed E-state index contributed by atoms with van der Waals surface area (Å²) in [5, 5.41) is 6.28.